The number of hydrogen-bond donors (Lipinski definition) is 0. The first kappa shape index (κ1) is 19.6. The van der Waals surface area contributed by atoms with Gasteiger partial charge in [0.25, 0.3) is 5.91 Å². The van der Waals surface area contributed by atoms with Crippen molar-refractivity contribution in [2.24, 2.45) is 0 Å². The fourth-order valence-electron chi connectivity index (χ4n) is 2.30. The standard InChI is InChI=1S/C18H14Cl3N3O3/c1-26-7-8-27-18-22-16(14-6-5-13(20)10-15(14)21)24(23-18)17(25)11-3-2-4-12(19)9-11/h2-6,9-10H,7-8H2,1H3. The Hall–Kier alpha value is -2.12. The molecule has 1 aromatic heterocycles. The Balaban J connectivity index is 2.06. The van der Waals surface area contributed by atoms with Crippen molar-refractivity contribution in [2.75, 3.05) is 20.3 Å². The normalized spacial score (nSPS) is 10.8. The summed E-state index contributed by atoms with van der Waals surface area (Å²) in [6.07, 6.45) is 0. The van der Waals surface area contributed by atoms with Gasteiger partial charge in [-0.2, -0.15) is 9.67 Å². The summed E-state index contributed by atoms with van der Waals surface area (Å²) in [5, 5.41) is 5.40. The Morgan fingerprint density at radius 2 is 1.85 bits per heavy atom. The molecule has 0 saturated heterocycles. The maximum absolute atomic E-state index is 13.0. The number of ether oxygens (including phenoxy) is 2. The molecule has 1 heterocycles. The van der Waals surface area contributed by atoms with E-state index in [0.717, 1.165) is 4.68 Å². The molecule has 9 heteroatoms. The summed E-state index contributed by atoms with van der Waals surface area (Å²) in [5.74, 6) is -0.193. The average Bonchev–Trinajstić information content (AvgIpc) is 3.05. The summed E-state index contributed by atoms with van der Waals surface area (Å²) in [6.45, 7) is 0.591. The highest BCUT2D eigenvalue weighted by Gasteiger charge is 2.22. The molecule has 3 rings (SSSR count). The van der Waals surface area contributed by atoms with Crippen LogP contribution < -0.4 is 4.74 Å². The minimum absolute atomic E-state index is 0.0310. The molecule has 0 radical (unpaired) electrons. The van der Waals surface area contributed by atoms with E-state index in [1.54, 1.807) is 49.6 Å². The Morgan fingerprint density at radius 3 is 2.56 bits per heavy atom. The van der Waals surface area contributed by atoms with Gasteiger partial charge in [-0.05, 0) is 36.4 Å². The van der Waals surface area contributed by atoms with Crippen LogP contribution in [0.3, 0.4) is 0 Å². The Bertz CT molecular complexity index is 975. The first-order valence-electron chi connectivity index (χ1n) is 7.84. The summed E-state index contributed by atoms with van der Waals surface area (Å²) in [6, 6.07) is 11.4. The lowest BCUT2D eigenvalue weighted by atomic mass is 10.2. The van der Waals surface area contributed by atoms with Gasteiger partial charge in [0.15, 0.2) is 5.82 Å². The zero-order valence-corrected chi connectivity index (χ0v) is 16.4. The molecular weight excluding hydrogens is 413 g/mol. The van der Waals surface area contributed by atoms with Gasteiger partial charge in [-0.1, -0.05) is 40.9 Å². The van der Waals surface area contributed by atoms with Crippen molar-refractivity contribution < 1.29 is 14.3 Å². The number of carbonyl (C=O) groups excluding carboxylic acids is 1. The lowest BCUT2D eigenvalue weighted by Gasteiger charge is -2.06. The van der Waals surface area contributed by atoms with E-state index >= 15 is 0 Å². The van der Waals surface area contributed by atoms with Gasteiger partial charge in [-0.25, -0.2) is 0 Å². The van der Waals surface area contributed by atoms with Crippen LogP contribution in [0.25, 0.3) is 11.4 Å². The van der Waals surface area contributed by atoms with Crippen LogP contribution >= 0.6 is 34.8 Å². The molecule has 140 valence electrons. The summed E-state index contributed by atoms with van der Waals surface area (Å²) in [4.78, 5) is 17.3. The van der Waals surface area contributed by atoms with Crippen LogP contribution in [0.15, 0.2) is 42.5 Å². The molecule has 2 aromatic carbocycles. The van der Waals surface area contributed by atoms with Crippen LogP contribution in [0.4, 0.5) is 0 Å². The third kappa shape index (κ3) is 4.59. The molecule has 0 spiro atoms. The molecule has 0 atom stereocenters. The third-order valence-corrected chi connectivity index (χ3v) is 4.33. The first-order valence-corrected chi connectivity index (χ1v) is 8.97. The maximum Gasteiger partial charge on any atom is 0.336 e. The van der Waals surface area contributed by atoms with E-state index in [1.807, 2.05) is 0 Å². The number of methoxy groups -OCH3 is 1. The van der Waals surface area contributed by atoms with E-state index in [4.69, 9.17) is 44.3 Å². The molecule has 0 N–H and O–H groups in total. The van der Waals surface area contributed by atoms with Gasteiger partial charge in [0.05, 0.1) is 11.6 Å². The molecule has 0 saturated carbocycles. The van der Waals surface area contributed by atoms with E-state index in [2.05, 4.69) is 10.1 Å². The van der Waals surface area contributed by atoms with Crippen molar-refractivity contribution in [2.45, 2.75) is 0 Å². The fraction of sp³-hybridized carbons (Fsp3) is 0.167. The maximum atomic E-state index is 13.0. The second kappa shape index (κ2) is 8.71. The Morgan fingerprint density at radius 1 is 1.07 bits per heavy atom. The molecule has 6 nitrogen and oxygen atoms in total. The van der Waals surface area contributed by atoms with Gasteiger partial charge in [0.1, 0.15) is 6.61 Å². The van der Waals surface area contributed by atoms with Crippen LogP contribution in [0, 0.1) is 0 Å². The topological polar surface area (TPSA) is 66.2 Å². The number of aromatic nitrogens is 3. The molecule has 0 amide bonds. The molecule has 0 aliphatic heterocycles. The molecule has 0 unspecified atom stereocenters. The van der Waals surface area contributed by atoms with Crippen LogP contribution in [0.1, 0.15) is 10.4 Å². The van der Waals surface area contributed by atoms with Gasteiger partial charge < -0.3 is 9.47 Å². The van der Waals surface area contributed by atoms with Crippen LogP contribution in [0.2, 0.25) is 15.1 Å². The first-order chi connectivity index (χ1) is 13.0. The van der Waals surface area contributed by atoms with Crippen LogP contribution in [-0.2, 0) is 4.74 Å². The molecule has 0 fully saturated rings. The highest BCUT2D eigenvalue weighted by Crippen LogP contribution is 2.30. The van der Waals surface area contributed by atoms with Crippen molar-refractivity contribution in [1.29, 1.82) is 0 Å². The van der Waals surface area contributed by atoms with Gasteiger partial charge in [0, 0.05) is 28.3 Å². The second-order valence-corrected chi connectivity index (χ2v) is 6.69. The number of rotatable bonds is 6. The molecule has 0 aliphatic rings. The summed E-state index contributed by atoms with van der Waals surface area (Å²) in [5.41, 5.74) is 0.840. The number of carbonyl (C=O) groups is 1. The van der Waals surface area contributed by atoms with E-state index in [-0.39, 0.29) is 18.4 Å². The zero-order valence-electron chi connectivity index (χ0n) is 14.2. The zero-order chi connectivity index (χ0) is 19.4. The smallest absolute Gasteiger partial charge is 0.336 e. The summed E-state index contributed by atoms with van der Waals surface area (Å²) < 4.78 is 11.5. The monoisotopic (exact) mass is 425 g/mol. The predicted molar refractivity (Wildman–Crippen MR) is 104 cm³/mol. The second-order valence-electron chi connectivity index (χ2n) is 5.41. The SMILES string of the molecule is COCCOc1nc(-c2ccc(Cl)cc2Cl)n(C(=O)c2cccc(Cl)c2)n1. The minimum Gasteiger partial charge on any atom is -0.460 e. The van der Waals surface area contributed by atoms with Gasteiger partial charge in [-0.3, -0.25) is 4.79 Å². The van der Waals surface area contributed by atoms with Crippen LogP contribution in [-0.4, -0.2) is 41.0 Å². The van der Waals surface area contributed by atoms with Crippen molar-refractivity contribution in [3.05, 3.63) is 63.1 Å². The highest BCUT2D eigenvalue weighted by molar-refractivity contribution is 6.36. The van der Waals surface area contributed by atoms with Gasteiger partial charge in [0.2, 0.25) is 0 Å². The van der Waals surface area contributed by atoms with E-state index in [0.29, 0.717) is 32.8 Å². The van der Waals surface area contributed by atoms with Gasteiger partial charge >= 0.3 is 6.01 Å². The lowest BCUT2D eigenvalue weighted by Crippen LogP contribution is -2.15. The lowest BCUT2D eigenvalue weighted by molar-refractivity contribution is 0.0943. The van der Waals surface area contributed by atoms with Crippen molar-refractivity contribution in [3.8, 4) is 17.4 Å². The van der Waals surface area contributed by atoms with Gasteiger partial charge in [-0.15, -0.1) is 5.10 Å². The largest absolute Gasteiger partial charge is 0.460 e. The van der Waals surface area contributed by atoms with E-state index < -0.39 is 5.91 Å². The Labute approximate surface area is 170 Å². The number of hydrogen-bond acceptors (Lipinski definition) is 5. The Kier molecular flexibility index (Phi) is 6.34. The van der Waals surface area contributed by atoms with Crippen molar-refractivity contribution in [3.63, 3.8) is 0 Å². The number of halogens is 3. The quantitative estimate of drug-likeness (QED) is 0.538. The minimum atomic E-state index is -0.424. The molecule has 3 aromatic rings. The van der Waals surface area contributed by atoms with E-state index in [9.17, 15) is 4.79 Å². The van der Waals surface area contributed by atoms with Crippen molar-refractivity contribution in [1.82, 2.24) is 14.8 Å². The summed E-state index contributed by atoms with van der Waals surface area (Å²) in [7, 11) is 1.55. The highest BCUT2D eigenvalue weighted by atomic mass is 35.5. The van der Waals surface area contributed by atoms with Crippen LogP contribution in [0.5, 0.6) is 6.01 Å². The van der Waals surface area contributed by atoms with E-state index in [1.165, 1.54) is 0 Å². The average molecular weight is 427 g/mol. The van der Waals surface area contributed by atoms with Crippen molar-refractivity contribution >= 4 is 40.7 Å². The molecule has 0 aliphatic carbocycles. The molecule has 0 bridgehead atoms. The predicted octanol–water partition coefficient (Wildman–Crippen LogP) is 4.62. The third-order valence-electron chi connectivity index (χ3n) is 3.54. The number of nitrogens with zero attached hydrogens (tertiary/aromatic N) is 3. The fourth-order valence-corrected chi connectivity index (χ4v) is 2.98. The molecule has 27 heavy (non-hydrogen) atoms. The summed E-state index contributed by atoms with van der Waals surface area (Å²) >= 11 is 18.2. The number of benzene rings is 2. The molecular formula is C18H14Cl3N3O3.